The monoisotopic (exact) mass is 418 g/mol. The Hall–Kier alpha value is -0.0500. The van der Waals surface area contributed by atoms with E-state index in [1.807, 2.05) is 0 Å². The molecule has 0 amide bonds. The van der Waals surface area contributed by atoms with Crippen molar-refractivity contribution < 1.29 is 13.2 Å². The fourth-order valence-electron chi connectivity index (χ4n) is 2.18. The summed E-state index contributed by atoms with van der Waals surface area (Å²) in [5, 5.41) is 0.338. The lowest BCUT2D eigenvalue weighted by atomic mass is 10.1. The number of hydrogen-bond acceptors (Lipinski definition) is 4. The van der Waals surface area contributed by atoms with Gasteiger partial charge in [-0.15, -0.1) is 12.4 Å². The SMILES string of the molecule is COc1c(Br)cc(Cl)cc1S(=O)(=O)N1CCC(N)CC1.Cl. The van der Waals surface area contributed by atoms with Crippen molar-refractivity contribution >= 4 is 50.0 Å². The number of nitrogens with zero attached hydrogens (tertiary/aromatic N) is 1. The largest absolute Gasteiger partial charge is 0.494 e. The Morgan fingerprint density at radius 2 is 1.95 bits per heavy atom. The van der Waals surface area contributed by atoms with Crippen LogP contribution in [-0.4, -0.2) is 39.0 Å². The van der Waals surface area contributed by atoms with Crippen LogP contribution in [0.5, 0.6) is 5.75 Å². The van der Waals surface area contributed by atoms with Gasteiger partial charge in [-0.2, -0.15) is 4.31 Å². The number of hydrogen-bond donors (Lipinski definition) is 1. The van der Waals surface area contributed by atoms with Gasteiger partial charge < -0.3 is 10.5 Å². The van der Waals surface area contributed by atoms with Gasteiger partial charge >= 0.3 is 0 Å². The van der Waals surface area contributed by atoms with Gasteiger partial charge in [0.1, 0.15) is 4.90 Å². The maximum absolute atomic E-state index is 12.7. The van der Waals surface area contributed by atoms with E-state index in [9.17, 15) is 8.42 Å². The molecule has 0 saturated carbocycles. The number of nitrogens with two attached hydrogens (primary N) is 1. The van der Waals surface area contributed by atoms with Crippen LogP contribution >= 0.6 is 39.9 Å². The first kappa shape index (κ1) is 19.0. The number of sulfonamides is 1. The molecule has 0 bridgehead atoms. The number of benzene rings is 1. The van der Waals surface area contributed by atoms with E-state index in [2.05, 4.69) is 15.9 Å². The van der Waals surface area contributed by atoms with Gasteiger partial charge in [0.05, 0.1) is 11.6 Å². The van der Waals surface area contributed by atoms with E-state index in [0.29, 0.717) is 35.4 Å². The maximum atomic E-state index is 12.7. The Kier molecular flexibility index (Phi) is 6.77. The van der Waals surface area contributed by atoms with E-state index in [-0.39, 0.29) is 29.1 Å². The molecule has 0 unspecified atom stereocenters. The Balaban J connectivity index is 0.00000220. The number of halogens is 3. The number of ether oxygens (including phenoxy) is 1. The zero-order valence-corrected chi connectivity index (χ0v) is 15.4. The van der Waals surface area contributed by atoms with Crippen molar-refractivity contribution in [2.75, 3.05) is 20.2 Å². The second-order valence-electron chi connectivity index (χ2n) is 4.66. The predicted molar refractivity (Wildman–Crippen MR) is 88.9 cm³/mol. The van der Waals surface area contributed by atoms with Gasteiger partial charge in [-0.05, 0) is 40.9 Å². The predicted octanol–water partition coefficient (Wildman–Crippen LogP) is 2.64. The molecule has 0 aliphatic carbocycles. The molecule has 1 fully saturated rings. The second kappa shape index (κ2) is 7.48. The minimum absolute atomic E-state index is 0. The van der Waals surface area contributed by atoms with E-state index >= 15 is 0 Å². The molecule has 2 N–H and O–H groups in total. The summed E-state index contributed by atoms with van der Waals surface area (Å²) in [4.78, 5) is 0.0786. The van der Waals surface area contributed by atoms with E-state index in [1.165, 1.54) is 17.5 Å². The van der Waals surface area contributed by atoms with Gasteiger partial charge in [0, 0.05) is 24.2 Å². The molecule has 0 aromatic heterocycles. The Labute approximate surface area is 144 Å². The molecule has 1 aliphatic rings. The van der Waals surface area contributed by atoms with Crippen molar-refractivity contribution in [2.24, 2.45) is 5.73 Å². The highest BCUT2D eigenvalue weighted by Crippen LogP contribution is 2.37. The van der Waals surface area contributed by atoms with Gasteiger partial charge in [-0.3, -0.25) is 0 Å². The quantitative estimate of drug-likeness (QED) is 0.817. The summed E-state index contributed by atoms with van der Waals surface area (Å²) < 4.78 is 32.5. The molecule has 120 valence electrons. The molecule has 2 rings (SSSR count). The molecular weight excluding hydrogens is 403 g/mol. The highest BCUT2D eigenvalue weighted by atomic mass is 79.9. The highest BCUT2D eigenvalue weighted by molar-refractivity contribution is 9.10. The van der Waals surface area contributed by atoms with Crippen LogP contribution in [0, 0.1) is 0 Å². The number of rotatable bonds is 3. The first-order valence-corrected chi connectivity index (χ1v) is 8.76. The zero-order valence-electron chi connectivity index (χ0n) is 11.4. The van der Waals surface area contributed by atoms with Crippen molar-refractivity contribution in [3.8, 4) is 5.75 Å². The van der Waals surface area contributed by atoms with Crippen LogP contribution in [0.25, 0.3) is 0 Å². The normalized spacial score (nSPS) is 17.3. The molecule has 0 atom stereocenters. The molecule has 1 aliphatic heterocycles. The molecule has 0 radical (unpaired) electrons. The van der Waals surface area contributed by atoms with E-state index in [1.54, 1.807) is 6.07 Å². The first-order chi connectivity index (χ1) is 9.36. The molecule has 1 aromatic rings. The minimum atomic E-state index is -3.63. The van der Waals surface area contributed by atoms with Crippen LogP contribution in [0.1, 0.15) is 12.8 Å². The van der Waals surface area contributed by atoms with E-state index in [4.69, 9.17) is 22.1 Å². The summed E-state index contributed by atoms with van der Waals surface area (Å²) in [6.45, 7) is 0.827. The van der Waals surface area contributed by atoms with Crippen molar-refractivity contribution in [1.82, 2.24) is 4.31 Å². The van der Waals surface area contributed by atoms with Crippen LogP contribution in [0.15, 0.2) is 21.5 Å². The summed E-state index contributed by atoms with van der Waals surface area (Å²) in [7, 11) is -2.21. The molecule has 1 saturated heterocycles. The molecule has 5 nitrogen and oxygen atoms in total. The average Bonchev–Trinajstić information content (AvgIpc) is 2.38. The highest BCUT2D eigenvalue weighted by Gasteiger charge is 2.31. The minimum Gasteiger partial charge on any atom is -0.494 e. The zero-order chi connectivity index (χ0) is 14.9. The van der Waals surface area contributed by atoms with Crippen molar-refractivity contribution in [3.05, 3.63) is 21.6 Å². The van der Waals surface area contributed by atoms with Crippen LogP contribution in [-0.2, 0) is 10.0 Å². The standard InChI is InChI=1S/C12H16BrClN2O3S.ClH/c1-19-12-10(13)6-8(14)7-11(12)20(17,18)16-4-2-9(15)3-5-16;/h6-7,9H,2-5,15H2,1H3;1H. The molecule has 1 heterocycles. The summed E-state index contributed by atoms with van der Waals surface area (Å²) in [5.74, 6) is 0.268. The third-order valence-corrected chi connectivity index (χ3v) is 6.01. The summed E-state index contributed by atoms with van der Waals surface area (Å²) in [6, 6.07) is 3.08. The lowest BCUT2D eigenvalue weighted by Gasteiger charge is -2.29. The van der Waals surface area contributed by atoms with E-state index < -0.39 is 10.0 Å². The van der Waals surface area contributed by atoms with Gasteiger partial charge in [-0.25, -0.2) is 8.42 Å². The summed E-state index contributed by atoms with van der Waals surface area (Å²) in [6.07, 6.45) is 1.31. The Morgan fingerprint density at radius 1 is 1.38 bits per heavy atom. The van der Waals surface area contributed by atoms with Gasteiger partial charge in [0.15, 0.2) is 5.75 Å². The first-order valence-electron chi connectivity index (χ1n) is 6.15. The van der Waals surface area contributed by atoms with Gasteiger partial charge in [0.2, 0.25) is 10.0 Å². The van der Waals surface area contributed by atoms with Crippen LogP contribution in [0.4, 0.5) is 0 Å². The van der Waals surface area contributed by atoms with E-state index in [0.717, 1.165) is 0 Å². The van der Waals surface area contributed by atoms with Crippen molar-refractivity contribution in [2.45, 2.75) is 23.8 Å². The van der Waals surface area contributed by atoms with Crippen LogP contribution in [0.2, 0.25) is 5.02 Å². The van der Waals surface area contributed by atoms with Gasteiger partial charge in [0.25, 0.3) is 0 Å². The second-order valence-corrected chi connectivity index (χ2v) is 7.86. The molecule has 0 spiro atoms. The fourth-order valence-corrected chi connectivity index (χ4v) is 5.02. The third-order valence-electron chi connectivity index (χ3n) is 3.29. The molecule has 9 heteroatoms. The third kappa shape index (κ3) is 4.03. The topological polar surface area (TPSA) is 72.6 Å². The smallest absolute Gasteiger partial charge is 0.246 e. The maximum Gasteiger partial charge on any atom is 0.246 e. The number of methoxy groups -OCH3 is 1. The van der Waals surface area contributed by atoms with Crippen LogP contribution in [0.3, 0.4) is 0 Å². The molecule has 1 aromatic carbocycles. The average molecular weight is 420 g/mol. The fraction of sp³-hybridized carbons (Fsp3) is 0.500. The molecular formula is C12H17BrCl2N2O3S. The Morgan fingerprint density at radius 3 is 2.48 bits per heavy atom. The van der Waals surface area contributed by atoms with Crippen molar-refractivity contribution in [3.63, 3.8) is 0 Å². The lowest BCUT2D eigenvalue weighted by Crippen LogP contribution is -2.42. The van der Waals surface area contributed by atoms with Crippen LogP contribution < -0.4 is 10.5 Å². The van der Waals surface area contributed by atoms with Crippen molar-refractivity contribution in [1.29, 1.82) is 0 Å². The Bertz CT molecular complexity index is 605. The summed E-state index contributed by atoms with van der Waals surface area (Å²) in [5.41, 5.74) is 5.81. The number of piperidine rings is 1. The molecule has 21 heavy (non-hydrogen) atoms. The lowest BCUT2D eigenvalue weighted by molar-refractivity contribution is 0.318. The van der Waals surface area contributed by atoms with Gasteiger partial charge in [-0.1, -0.05) is 11.6 Å². The summed E-state index contributed by atoms with van der Waals surface area (Å²) >= 11 is 9.23.